The Morgan fingerprint density at radius 2 is 1.93 bits per heavy atom. The molecule has 3 N–H and O–H groups in total. The third-order valence-corrected chi connectivity index (χ3v) is 4.82. The SMILES string of the molecule is CC(C)(C)OC(=O)N1CC[C@H](Nc2ncnc3ccc(-c4cnc(N)nc4)cc23)C1. The number of carbonyl (C=O) groups is 1. The topological polar surface area (TPSA) is 119 Å². The van der Waals surface area contributed by atoms with Gasteiger partial charge in [-0.05, 0) is 44.9 Å². The molecule has 9 nitrogen and oxygen atoms in total. The van der Waals surface area contributed by atoms with Gasteiger partial charge in [-0.3, -0.25) is 0 Å². The van der Waals surface area contributed by atoms with Gasteiger partial charge in [0.25, 0.3) is 0 Å². The fourth-order valence-electron chi connectivity index (χ4n) is 3.40. The molecule has 1 atom stereocenters. The molecule has 1 aliphatic rings. The number of ether oxygens (including phenoxy) is 1. The summed E-state index contributed by atoms with van der Waals surface area (Å²) in [6.07, 6.45) is 5.45. The van der Waals surface area contributed by atoms with Crippen LogP contribution in [0.15, 0.2) is 36.9 Å². The number of benzene rings is 1. The first-order valence-corrected chi connectivity index (χ1v) is 9.85. The Balaban J connectivity index is 1.54. The van der Waals surface area contributed by atoms with Gasteiger partial charge in [0.15, 0.2) is 0 Å². The summed E-state index contributed by atoms with van der Waals surface area (Å²) in [5, 5.41) is 4.36. The molecule has 1 amide bonds. The number of anilines is 2. The van der Waals surface area contributed by atoms with E-state index in [0.717, 1.165) is 34.3 Å². The lowest BCUT2D eigenvalue weighted by Gasteiger charge is -2.24. The Bertz CT molecular complexity index is 1060. The van der Waals surface area contributed by atoms with Crippen molar-refractivity contribution in [3.8, 4) is 11.1 Å². The number of fused-ring (bicyclic) bond motifs is 1. The molecule has 30 heavy (non-hydrogen) atoms. The molecule has 1 fully saturated rings. The summed E-state index contributed by atoms with van der Waals surface area (Å²) in [7, 11) is 0. The van der Waals surface area contributed by atoms with E-state index in [-0.39, 0.29) is 18.1 Å². The molecule has 1 saturated heterocycles. The van der Waals surface area contributed by atoms with Gasteiger partial charge in [-0.25, -0.2) is 24.7 Å². The van der Waals surface area contributed by atoms with Crippen LogP contribution in [0, 0.1) is 0 Å². The van der Waals surface area contributed by atoms with Crippen LogP contribution >= 0.6 is 0 Å². The molecule has 0 saturated carbocycles. The summed E-state index contributed by atoms with van der Waals surface area (Å²) in [6.45, 7) is 6.81. The zero-order valence-electron chi connectivity index (χ0n) is 17.3. The molecule has 0 unspecified atom stereocenters. The number of aromatic nitrogens is 4. The maximum atomic E-state index is 12.3. The average molecular weight is 407 g/mol. The molecule has 4 rings (SSSR count). The summed E-state index contributed by atoms with van der Waals surface area (Å²) in [5.41, 5.74) is 7.72. The lowest BCUT2D eigenvalue weighted by molar-refractivity contribution is 0.0293. The third kappa shape index (κ3) is 4.40. The van der Waals surface area contributed by atoms with Crippen LogP contribution in [-0.4, -0.2) is 55.7 Å². The number of nitrogen functional groups attached to an aromatic ring is 1. The minimum Gasteiger partial charge on any atom is -0.444 e. The van der Waals surface area contributed by atoms with E-state index >= 15 is 0 Å². The van der Waals surface area contributed by atoms with Crippen LogP contribution in [0.1, 0.15) is 27.2 Å². The number of amides is 1. The van der Waals surface area contributed by atoms with Crippen molar-refractivity contribution in [2.75, 3.05) is 24.1 Å². The number of hydrogen-bond donors (Lipinski definition) is 2. The second kappa shape index (κ2) is 7.74. The second-order valence-electron chi connectivity index (χ2n) is 8.34. The van der Waals surface area contributed by atoms with E-state index in [4.69, 9.17) is 10.5 Å². The van der Waals surface area contributed by atoms with Crippen LogP contribution < -0.4 is 11.1 Å². The molecule has 1 aliphatic heterocycles. The maximum absolute atomic E-state index is 12.3. The van der Waals surface area contributed by atoms with Crippen LogP contribution in [0.2, 0.25) is 0 Å². The lowest BCUT2D eigenvalue weighted by atomic mass is 10.1. The summed E-state index contributed by atoms with van der Waals surface area (Å²) >= 11 is 0. The van der Waals surface area contributed by atoms with Gasteiger partial charge in [-0.2, -0.15) is 0 Å². The summed E-state index contributed by atoms with van der Waals surface area (Å²) in [6, 6.07) is 6.00. The van der Waals surface area contributed by atoms with Crippen LogP contribution in [-0.2, 0) is 4.74 Å². The van der Waals surface area contributed by atoms with E-state index in [9.17, 15) is 4.79 Å². The highest BCUT2D eigenvalue weighted by Crippen LogP contribution is 2.28. The van der Waals surface area contributed by atoms with E-state index in [2.05, 4.69) is 25.3 Å². The van der Waals surface area contributed by atoms with E-state index in [0.29, 0.717) is 13.1 Å². The molecule has 0 spiro atoms. The van der Waals surface area contributed by atoms with Gasteiger partial charge in [-0.1, -0.05) is 6.07 Å². The molecule has 2 aromatic heterocycles. The van der Waals surface area contributed by atoms with Crippen LogP contribution in [0.5, 0.6) is 0 Å². The van der Waals surface area contributed by atoms with Gasteiger partial charge in [-0.15, -0.1) is 0 Å². The number of carbonyl (C=O) groups excluding carboxylic acids is 1. The van der Waals surface area contributed by atoms with Crippen molar-refractivity contribution >= 4 is 28.8 Å². The minimum atomic E-state index is -0.506. The summed E-state index contributed by atoms with van der Waals surface area (Å²) in [4.78, 5) is 31.0. The summed E-state index contributed by atoms with van der Waals surface area (Å²) in [5.74, 6) is 0.968. The molecular formula is C21H25N7O2. The number of rotatable bonds is 3. The number of likely N-dealkylation sites (tertiary alicyclic amines) is 1. The van der Waals surface area contributed by atoms with Crippen molar-refractivity contribution in [3.05, 3.63) is 36.9 Å². The Morgan fingerprint density at radius 3 is 2.67 bits per heavy atom. The fourth-order valence-corrected chi connectivity index (χ4v) is 3.40. The van der Waals surface area contributed by atoms with E-state index in [1.54, 1.807) is 17.3 Å². The van der Waals surface area contributed by atoms with Crippen LogP contribution in [0.4, 0.5) is 16.6 Å². The number of nitrogens with two attached hydrogens (primary N) is 1. The van der Waals surface area contributed by atoms with Gasteiger partial charge in [0.1, 0.15) is 17.7 Å². The zero-order chi connectivity index (χ0) is 21.3. The van der Waals surface area contributed by atoms with Gasteiger partial charge in [0, 0.05) is 42.5 Å². The van der Waals surface area contributed by atoms with Crippen LogP contribution in [0.25, 0.3) is 22.0 Å². The predicted octanol–water partition coefficient (Wildman–Crippen LogP) is 3.09. The molecular weight excluding hydrogens is 382 g/mol. The fraction of sp³-hybridized carbons (Fsp3) is 0.381. The first kappa shape index (κ1) is 19.8. The largest absolute Gasteiger partial charge is 0.444 e. The van der Waals surface area contributed by atoms with Gasteiger partial charge in [0.2, 0.25) is 5.95 Å². The Morgan fingerprint density at radius 1 is 1.17 bits per heavy atom. The molecule has 3 aromatic rings. The molecule has 156 valence electrons. The molecule has 9 heteroatoms. The molecule has 0 radical (unpaired) electrons. The smallest absolute Gasteiger partial charge is 0.410 e. The van der Waals surface area contributed by atoms with Crippen molar-refractivity contribution in [1.29, 1.82) is 0 Å². The third-order valence-electron chi connectivity index (χ3n) is 4.82. The monoisotopic (exact) mass is 407 g/mol. The van der Waals surface area contributed by atoms with Crippen molar-refractivity contribution < 1.29 is 9.53 Å². The normalized spacial score (nSPS) is 16.6. The molecule has 0 bridgehead atoms. The number of nitrogens with zero attached hydrogens (tertiary/aromatic N) is 5. The first-order valence-electron chi connectivity index (χ1n) is 9.85. The Hall–Kier alpha value is -3.49. The number of nitrogens with one attached hydrogen (secondary N) is 1. The van der Waals surface area contributed by atoms with Gasteiger partial charge < -0.3 is 20.7 Å². The van der Waals surface area contributed by atoms with Crippen LogP contribution in [0.3, 0.4) is 0 Å². The van der Waals surface area contributed by atoms with Crippen molar-refractivity contribution in [2.24, 2.45) is 0 Å². The first-order chi connectivity index (χ1) is 14.3. The average Bonchev–Trinajstić information content (AvgIpc) is 3.16. The molecule has 3 heterocycles. The van der Waals surface area contributed by atoms with E-state index in [1.165, 1.54) is 6.33 Å². The highest BCUT2D eigenvalue weighted by molar-refractivity contribution is 5.92. The second-order valence-corrected chi connectivity index (χ2v) is 8.34. The standard InChI is InChI=1S/C21H25N7O2/c1-21(2,3)30-20(29)28-7-6-15(11-28)27-18-16-8-13(4-5-17(16)25-12-26-18)14-9-23-19(22)24-10-14/h4-5,8-10,12,15H,6-7,11H2,1-3H3,(H2,22,23,24)(H,25,26,27)/t15-/m0/s1. The molecule has 1 aromatic carbocycles. The summed E-state index contributed by atoms with van der Waals surface area (Å²) < 4.78 is 5.48. The molecule has 0 aliphatic carbocycles. The van der Waals surface area contributed by atoms with E-state index < -0.39 is 5.60 Å². The van der Waals surface area contributed by atoms with Gasteiger partial charge in [0.05, 0.1) is 5.52 Å². The highest BCUT2D eigenvalue weighted by Gasteiger charge is 2.30. The predicted molar refractivity (Wildman–Crippen MR) is 115 cm³/mol. The number of hydrogen-bond acceptors (Lipinski definition) is 8. The Kier molecular flexibility index (Phi) is 5.11. The van der Waals surface area contributed by atoms with Crippen molar-refractivity contribution in [2.45, 2.75) is 38.8 Å². The highest BCUT2D eigenvalue weighted by atomic mass is 16.6. The lowest BCUT2D eigenvalue weighted by Crippen LogP contribution is -2.36. The Labute approximate surface area is 174 Å². The minimum absolute atomic E-state index is 0.0825. The van der Waals surface area contributed by atoms with Gasteiger partial charge >= 0.3 is 6.09 Å². The van der Waals surface area contributed by atoms with Crippen molar-refractivity contribution in [3.63, 3.8) is 0 Å². The maximum Gasteiger partial charge on any atom is 0.410 e. The zero-order valence-corrected chi connectivity index (χ0v) is 17.3. The quantitative estimate of drug-likeness (QED) is 0.680. The van der Waals surface area contributed by atoms with E-state index in [1.807, 2.05) is 39.0 Å². The van der Waals surface area contributed by atoms with Crippen molar-refractivity contribution in [1.82, 2.24) is 24.8 Å².